The van der Waals surface area contributed by atoms with E-state index in [0.29, 0.717) is 0 Å². The van der Waals surface area contributed by atoms with E-state index in [9.17, 15) is 13.6 Å². The number of anilines is 1. The molecule has 8 heteroatoms. The van der Waals surface area contributed by atoms with Crippen molar-refractivity contribution in [2.24, 2.45) is 0 Å². The number of nitrogens with one attached hydrogen (secondary N) is 1. The zero-order valence-electron chi connectivity index (χ0n) is 14.1. The Morgan fingerprint density at radius 2 is 1.88 bits per heavy atom. The van der Waals surface area contributed by atoms with E-state index in [1.807, 2.05) is 38.1 Å². The summed E-state index contributed by atoms with van der Waals surface area (Å²) in [4.78, 5) is 16.2. The number of aryl methyl sites for hydroxylation is 2. The van der Waals surface area contributed by atoms with Crippen LogP contribution >= 0.6 is 0 Å². The highest BCUT2D eigenvalue weighted by molar-refractivity contribution is 6.02. The van der Waals surface area contributed by atoms with Crippen LogP contribution in [-0.4, -0.2) is 27.3 Å². The van der Waals surface area contributed by atoms with Crippen LogP contribution in [0.25, 0.3) is 5.69 Å². The second kappa shape index (κ2) is 7.30. The second-order valence-electron chi connectivity index (χ2n) is 5.63. The van der Waals surface area contributed by atoms with Crippen molar-refractivity contribution in [2.45, 2.75) is 20.5 Å². The molecule has 26 heavy (non-hydrogen) atoms. The number of hydrogen-bond donors (Lipinski definition) is 1. The minimum atomic E-state index is -2.93. The molecule has 1 N–H and O–H groups in total. The maximum Gasteiger partial charge on any atom is 0.387 e. The van der Waals surface area contributed by atoms with E-state index >= 15 is 0 Å². The first kappa shape index (κ1) is 17.5. The fourth-order valence-electron chi connectivity index (χ4n) is 2.34. The van der Waals surface area contributed by atoms with Crippen molar-refractivity contribution < 1.29 is 18.3 Å². The highest BCUT2D eigenvalue weighted by Gasteiger charge is 2.14. The van der Waals surface area contributed by atoms with E-state index in [2.05, 4.69) is 20.1 Å². The summed E-state index contributed by atoms with van der Waals surface area (Å²) >= 11 is 0. The van der Waals surface area contributed by atoms with Crippen LogP contribution in [-0.2, 0) is 0 Å². The number of alkyl halides is 2. The van der Waals surface area contributed by atoms with Gasteiger partial charge in [0.1, 0.15) is 11.6 Å². The van der Waals surface area contributed by atoms with E-state index < -0.39 is 12.5 Å². The van der Waals surface area contributed by atoms with Gasteiger partial charge >= 0.3 is 6.61 Å². The van der Waals surface area contributed by atoms with Crippen LogP contribution in [0.1, 0.15) is 21.7 Å². The Kier molecular flexibility index (Phi) is 4.92. The number of benzene rings is 1. The molecule has 2 aromatic heterocycles. The van der Waals surface area contributed by atoms with Gasteiger partial charge in [-0.15, -0.1) is 0 Å². The molecule has 3 aromatic rings. The van der Waals surface area contributed by atoms with Gasteiger partial charge in [0, 0.05) is 5.69 Å². The average molecular weight is 358 g/mol. The number of hydrogen-bond acceptors (Lipinski definition) is 4. The van der Waals surface area contributed by atoms with Crippen molar-refractivity contribution >= 4 is 11.7 Å². The lowest BCUT2D eigenvalue weighted by Gasteiger charge is -2.06. The van der Waals surface area contributed by atoms with Gasteiger partial charge in [-0.3, -0.25) is 4.79 Å². The molecule has 1 aromatic carbocycles. The molecule has 6 nitrogen and oxygen atoms in total. The van der Waals surface area contributed by atoms with Gasteiger partial charge in [0.25, 0.3) is 5.91 Å². The van der Waals surface area contributed by atoms with Crippen LogP contribution in [0.3, 0.4) is 0 Å². The first-order valence-corrected chi connectivity index (χ1v) is 7.78. The van der Waals surface area contributed by atoms with Gasteiger partial charge in [0.15, 0.2) is 5.69 Å². The van der Waals surface area contributed by atoms with Crippen LogP contribution in [0.2, 0.25) is 0 Å². The summed E-state index contributed by atoms with van der Waals surface area (Å²) in [6.07, 6.45) is 1.11. The number of pyridine rings is 1. The van der Waals surface area contributed by atoms with Crippen LogP contribution in [0.15, 0.2) is 48.7 Å². The third-order valence-corrected chi connectivity index (χ3v) is 3.60. The summed E-state index contributed by atoms with van der Waals surface area (Å²) in [6, 6.07) is 12.1. The Balaban J connectivity index is 1.74. The first-order valence-electron chi connectivity index (χ1n) is 7.78. The molecule has 0 saturated heterocycles. The first-order chi connectivity index (χ1) is 12.4. The molecule has 1 amide bonds. The number of aromatic nitrogens is 3. The number of halogens is 2. The van der Waals surface area contributed by atoms with Crippen LogP contribution in [0, 0.1) is 13.8 Å². The molecule has 0 aliphatic carbocycles. The van der Waals surface area contributed by atoms with E-state index in [-0.39, 0.29) is 17.3 Å². The van der Waals surface area contributed by atoms with Crippen molar-refractivity contribution in [2.75, 3.05) is 5.32 Å². The van der Waals surface area contributed by atoms with Crippen LogP contribution < -0.4 is 10.1 Å². The number of amides is 1. The minimum absolute atomic E-state index is 0.0857. The third-order valence-electron chi connectivity index (χ3n) is 3.60. The molecule has 0 fully saturated rings. The van der Waals surface area contributed by atoms with Gasteiger partial charge in [-0.1, -0.05) is 17.7 Å². The number of carbonyl (C=O) groups excluding carboxylic acids is 1. The van der Waals surface area contributed by atoms with Crippen molar-refractivity contribution in [3.8, 4) is 11.4 Å². The Labute approximate surface area is 148 Å². The van der Waals surface area contributed by atoms with Gasteiger partial charge in [-0.05, 0) is 44.2 Å². The summed E-state index contributed by atoms with van der Waals surface area (Å²) in [5, 5.41) is 6.89. The number of ether oxygens (including phenoxy) is 1. The molecule has 2 heterocycles. The van der Waals surface area contributed by atoms with Gasteiger partial charge < -0.3 is 10.1 Å². The highest BCUT2D eigenvalue weighted by atomic mass is 19.3. The molecule has 0 atom stereocenters. The Bertz CT molecular complexity index is 906. The summed E-state index contributed by atoms with van der Waals surface area (Å²) in [7, 11) is 0. The molecule has 0 unspecified atom stereocenters. The van der Waals surface area contributed by atoms with Gasteiger partial charge in [0.2, 0.25) is 0 Å². The smallest absolute Gasteiger partial charge is 0.387 e. The highest BCUT2D eigenvalue weighted by Crippen LogP contribution is 2.17. The molecule has 0 radical (unpaired) electrons. The zero-order chi connectivity index (χ0) is 18.7. The van der Waals surface area contributed by atoms with Crippen molar-refractivity contribution in [3.63, 3.8) is 0 Å². The van der Waals surface area contributed by atoms with E-state index in [0.717, 1.165) is 23.1 Å². The fraction of sp³-hybridized carbons (Fsp3) is 0.167. The summed E-state index contributed by atoms with van der Waals surface area (Å²) in [5.74, 6) is -0.328. The normalized spacial score (nSPS) is 10.8. The standard InChI is InChI=1S/C18H16F2N4O2/c1-11-3-5-13(6-4-11)24-12(2)9-15(23-24)17(25)22-16-8-7-14(10-21-16)26-18(19)20/h3-10,18H,1-2H3,(H,21,22,25). The maximum absolute atomic E-state index is 12.3. The Hall–Kier alpha value is -3.29. The monoisotopic (exact) mass is 358 g/mol. The van der Waals surface area contributed by atoms with Crippen molar-refractivity contribution in [3.05, 3.63) is 65.6 Å². The molecular weight excluding hydrogens is 342 g/mol. The molecular formula is C18H16F2N4O2. The topological polar surface area (TPSA) is 69.0 Å². The van der Waals surface area contributed by atoms with Crippen molar-refractivity contribution in [1.82, 2.24) is 14.8 Å². The van der Waals surface area contributed by atoms with E-state index in [1.54, 1.807) is 10.7 Å². The minimum Gasteiger partial charge on any atom is -0.433 e. The SMILES string of the molecule is Cc1ccc(-n2nc(C(=O)Nc3ccc(OC(F)F)cn3)cc2C)cc1. The molecule has 134 valence electrons. The van der Waals surface area contributed by atoms with Gasteiger partial charge in [0.05, 0.1) is 11.9 Å². The molecule has 0 saturated carbocycles. The molecule has 0 aliphatic rings. The van der Waals surface area contributed by atoms with Crippen LogP contribution in [0.4, 0.5) is 14.6 Å². The quantitative estimate of drug-likeness (QED) is 0.754. The van der Waals surface area contributed by atoms with Crippen LogP contribution in [0.5, 0.6) is 5.75 Å². The lowest BCUT2D eigenvalue weighted by Crippen LogP contribution is -2.14. The van der Waals surface area contributed by atoms with Gasteiger partial charge in [-0.25, -0.2) is 9.67 Å². The predicted molar refractivity (Wildman–Crippen MR) is 91.9 cm³/mol. The molecule has 0 bridgehead atoms. The molecule has 3 rings (SSSR count). The van der Waals surface area contributed by atoms with E-state index in [1.165, 1.54) is 12.1 Å². The Morgan fingerprint density at radius 1 is 1.15 bits per heavy atom. The van der Waals surface area contributed by atoms with E-state index in [4.69, 9.17) is 0 Å². The lowest BCUT2D eigenvalue weighted by molar-refractivity contribution is -0.0500. The summed E-state index contributed by atoms with van der Waals surface area (Å²) < 4.78 is 30.1. The third kappa shape index (κ3) is 4.02. The van der Waals surface area contributed by atoms with Gasteiger partial charge in [-0.2, -0.15) is 13.9 Å². The molecule has 0 aliphatic heterocycles. The maximum atomic E-state index is 12.3. The van der Waals surface area contributed by atoms with Crippen molar-refractivity contribution in [1.29, 1.82) is 0 Å². The fourth-order valence-corrected chi connectivity index (χ4v) is 2.34. The number of carbonyl (C=O) groups is 1. The second-order valence-corrected chi connectivity index (χ2v) is 5.63. The Morgan fingerprint density at radius 3 is 2.50 bits per heavy atom. The average Bonchev–Trinajstić information content (AvgIpc) is 2.99. The summed E-state index contributed by atoms with van der Waals surface area (Å²) in [5.41, 5.74) is 2.99. The number of nitrogens with zero attached hydrogens (tertiary/aromatic N) is 3. The lowest BCUT2D eigenvalue weighted by atomic mass is 10.2. The number of rotatable bonds is 5. The zero-order valence-corrected chi connectivity index (χ0v) is 14.1. The molecule has 0 spiro atoms. The summed E-state index contributed by atoms with van der Waals surface area (Å²) in [6.45, 7) is 0.910. The predicted octanol–water partition coefficient (Wildman–Crippen LogP) is 3.74. The largest absolute Gasteiger partial charge is 0.433 e.